The Hall–Kier alpha value is -1.35. The van der Waals surface area contributed by atoms with E-state index in [0.29, 0.717) is 12.6 Å². The molecular formula is C15H19FN2. The van der Waals surface area contributed by atoms with Crippen LogP contribution in [0.3, 0.4) is 0 Å². The minimum atomic E-state index is -0.908. The molecule has 2 nitrogen and oxygen atoms in total. The summed E-state index contributed by atoms with van der Waals surface area (Å²) in [6.45, 7) is 2.62. The SMILES string of the molecule is CC(Cc1c[nH]c2ccccc12)NCC1(F)CC1. The first kappa shape index (κ1) is 11.7. The fourth-order valence-electron chi connectivity index (χ4n) is 2.37. The molecule has 0 aliphatic heterocycles. The molecule has 3 rings (SSSR count). The number of para-hydroxylation sites is 1. The summed E-state index contributed by atoms with van der Waals surface area (Å²) < 4.78 is 13.5. The molecule has 3 heteroatoms. The standard InChI is InChI=1S/C15H19FN2/c1-11(18-10-15(16)6-7-15)8-12-9-17-14-5-3-2-4-13(12)14/h2-5,9,11,17-18H,6-8,10H2,1H3. The highest BCUT2D eigenvalue weighted by molar-refractivity contribution is 5.83. The van der Waals surface area contributed by atoms with Crippen molar-refractivity contribution < 1.29 is 4.39 Å². The molecule has 0 radical (unpaired) electrons. The highest BCUT2D eigenvalue weighted by Crippen LogP contribution is 2.38. The zero-order valence-corrected chi connectivity index (χ0v) is 10.7. The summed E-state index contributed by atoms with van der Waals surface area (Å²) >= 11 is 0. The van der Waals surface area contributed by atoms with Gasteiger partial charge in [0.1, 0.15) is 5.67 Å². The van der Waals surface area contributed by atoms with Gasteiger partial charge in [-0.05, 0) is 37.8 Å². The van der Waals surface area contributed by atoms with Crippen molar-refractivity contribution in [3.63, 3.8) is 0 Å². The van der Waals surface area contributed by atoms with E-state index in [1.165, 1.54) is 16.5 Å². The van der Waals surface area contributed by atoms with E-state index in [1.54, 1.807) is 0 Å². The van der Waals surface area contributed by atoms with Gasteiger partial charge in [0.05, 0.1) is 0 Å². The van der Waals surface area contributed by atoms with Crippen LogP contribution in [-0.4, -0.2) is 23.2 Å². The molecule has 1 aliphatic rings. The number of fused-ring (bicyclic) bond motifs is 1. The van der Waals surface area contributed by atoms with Gasteiger partial charge in [-0.15, -0.1) is 0 Å². The fraction of sp³-hybridized carbons (Fsp3) is 0.467. The zero-order chi connectivity index (χ0) is 12.6. The maximum Gasteiger partial charge on any atom is 0.123 e. The molecule has 18 heavy (non-hydrogen) atoms. The molecule has 0 spiro atoms. The Labute approximate surface area is 107 Å². The van der Waals surface area contributed by atoms with Gasteiger partial charge in [-0.2, -0.15) is 0 Å². The van der Waals surface area contributed by atoms with Crippen LogP contribution in [0.2, 0.25) is 0 Å². The van der Waals surface area contributed by atoms with Crippen LogP contribution in [0.25, 0.3) is 10.9 Å². The molecule has 1 unspecified atom stereocenters. The summed E-state index contributed by atoms with van der Waals surface area (Å²) in [5.74, 6) is 0. The van der Waals surface area contributed by atoms with Crippen LogP contribution in [0.1, 0.15) is 25.3 Å². The highest BCUT2D eigenvalue weighted by atomic mass is 19.1. The normalized spacial score (nSPS) is 19.0. The number of halogens is 1. The Morgan fingerprint density at radius 1 is 1.39 bits per heavy atom. The maximum atomic E-state index is 13.5. The first-order chi connectivity index (χ1) is 8.66. The van der Waals surface area contributed by atoms with E-state index < -0.39 is 5.67 Å². The Morgan fingerprint density at radius 2 is 2.17 bits per heavy atom. The predicted octanol–water partition coefficient (Wildman–Crippen LogP) is 3.19. The quantitative estimate of drug-likeness (QED) is 0.833. The van der Waals surface area contributed by atoms with E-state index in [9.17, 15) is 4.39 Å². The molecule has 2 N–H and O–H groups in total. The van der Waals surface area contributed by atoms with E-state index in [4.69, 9.17) is 0 Å². The van der Waals surface area contributed by atoms with Gasteiger partial charge in [0.25, 0.3) is 0 Å². The summed E-state index contributed by atoms with van der Waals surface area (Å²) in [7, 11) is 0. The number of H-pyrrole nitrogens is 1. The van der Waals surface area contributed by atoms with Gasteiger partial charge in [-0.25, -0.2) is 4.39 Å². The number of aromatic amines is 1. The monoisotopic (exact) mass is 246 g/mol. The van der Waals surface area contributed by atoms with Gasteiger partial charge in [-0.3, -0.25) is 0 Å². The lowest BCUT2D eigenvalue weighted by Gasteiger charge is -2.15. The summed E-state index contributed by atoms with van der Waals surface area (Å²) in [6.07, 6.45) is 4.44. The van der Waals surface area contributed by atoms with Crippen LogP contribution in [0.15, 0.2) is 30.5 Å². The first-order valence-electron chi connectivity index (χ1n) is 6.64. The molecular weight excluding hydrogens is 227 g/mol. The fourth-order valence-corrected chi connectivity index (χ4v) is 2.37. The van der Waals surface area contributed by atoms with Crippen molar-refractivity contribution in [1.29, 1.82) is 0 Å². The van der Waals surface area contributed by atoms with Crippen LogP contribution < -0.4 is 5.32 Å². The second kappa shape index (κ2) is 4.39. The van der Waals surface area contributed by atoms with Gasteiger partial charge in [0, 0.05) is 29.7 Å². The van der Waals surface area contributed by atoms with E-state index in [0.717, 1.165) is 19.3 Å². The van der Waals surface area contributed by atoms with Gasteiger partial charge < -0.3 is 10.3 Å². The van der Waals surface area contributed by atoms with Crippen molar-refractivity contribution in [3.8, 4) is 0 Å². The molecule has 0 amide bonds. The number of rotatable bonds is 5. The minimum absolute atomic E-state index is 0.303. The Morgan fingerprint density at radius 3 is 2.94 bits per heavy atom. The van der Waals surface area contributed by atoms with Gasteiger partial charge in [0.15, 0.2) is 0 Å². The number of aromatic nitrogens is 1. The average Bonchev–Trinajstić information content (AvgIpc) is 2.98. The third-order valence-electron chi connectivity index (χ3n) is 3.76. The molecule has 0 bridgehead atoms. The largest absolute Gasteiger partial charge is 0.361 e. The van der Waals surface area contributed by atoms with Crippen molar-refractivity contribution in [1.82, 2.24) is 10.3 Å². The number of nitrogens with one attached hydrogen (secondary N) is 2. The molecule has 1 aliphatic carbocycles. The lowest BCUT2D eigenvalue weighted by Crippen LogP contribution is -2.34. The predicted molar refractivity (Wildman–Crippen MR) is 72.5 cm³/mol. The molecule has 0 saturated heterocycles. The lowest BCUT2D eigenvalue weighted by molar-refractivity contribution is 0.285. The number of hydrogen-bond donors (Lipinski definition) is 2. The third kappa shape index (κ3) is 2.41. The third-order valence-corrected chi connectivity index (χ3v) is 3.76. The minimum Gasteiger partial charge on any atom is -0.361 e. The summed E-state index contributed by atoms with van der Waals surface area (Å²) in [6, 6.07) is 8.60. The van der Waals surface area contributed by atoms with Crippen molar-refractivity contribution in [3.05, 3.63) is 36.0 Å². The molecule has 2 aromatic rings. The van der Waals surface area contributed by atoms with Crippen molar-refractivity contribution in [2.45, 2.75) is 37.9 Å². The number of hydrogen-bond acceptors (Lipinski definition) is 1. The van der Waals surface area contributed by atoms with Crippen LogP contribution in [0.5, 0.6) is 0 Å². The van der Waals surface area contributed by atoms with Crippen molar-refractivity contribution >= 4 is 10.9 Å². The molecule has 96 valence electrons. The Balaban J connectivity index is 1.64. The van der Waals surface area contributed by atoms with Gasteiger partial charge >= 0.3 is 0 Å². The topological polar surface area (TPSA) is 27.8 Å². The van der Waals surface area contributed by atoms with Crippen molar-refractivity contribution in [2.75, 3.05) is 6.54 Å². The lowest BCUT2D eigenvalue weighted by atomic mass is 10.1. The number of benzene rings is 1. The summed E-state index contributed by atoms with van der Waals surface area (Å²) in [5.41, 5.74) is 1.56. The second-order valence-electron chi connectivity index (χ2n) is 5.50. The van der Waals surface area contributed by atoms with Crippen LogP contribution in [-0.2, 0) is 6.42 Å². The van der Waals surface area contributed by atoms with Gasteiger partial charge in [-0.1, -0.05) is 18.2 Å². The molecule has 1 fully saturated rings. The molecule has 1 aromatic heterocycles. The molecule has 1 atom stereocenters. The maximum absolute atomic E-state index is 13.5. The smallest absolute Gasteiger partial charge is 0.123 e. The van der Waals surface area contributed by atoms with Crippen LogP contribution in [0.4, 0.5) is 4.39 Å². The Bertz CT molecular complexity index is 542. The molecule has 1 aromatic carbocycles. The zero-order valence-electron chi connectivity index (χ0n) is 10.7. The average molecular weight is 246 g/mol. The van der Waals surface area contributed by atoms with Gasteiger partial charge in [0.2, 0.25) is 0 Å². The van der Waals surface area contributed by atoms with Crippen molar-refractivity contribution in [2.24, 2.45) is 0 Å². The molecule has 1 heterocycles. The molecule has 1 saturated carbocycles. The van der Waals surface area contributed by atoms with E-state index in [2.05, 4.69) is 41.6 Å². The van der Waals surface area contributed by atoms with E-state index >= 15 is 0 Å². The second-order valence-corrected chi connectivity index (χ2v) is 5.50. The Kier molecular flexibility index (Phi) is 2.86. The van der Waals surface area contributed by atoms with E-state index in [-0.39, 0.29) is 0 Å². The van der Waals surface area contributed by atoms with Crippen LogP contribution in [0, 0.1) is 0 Å². The van der Waals surface area contributed by atoms with E-state index in [1.807, 2.05) is 6.07 Å². The van der Waals surface area contributed by atoms with Crippen LogP contribution >= 0.6 is 0 Å². The highest BCUT2D eigenvalue weighted by Gasteiger charge is 2.42. The first-order valence-corrected chi connectivity index (χ1v) is 6.64. The summed E-state index contributed by atoms with van der Waals surface area (Å²) in [5, 5.41) is 4.57. The number of alkyl halides is 1. The summed E-state index contributed by atoms with van der Waals surface area (Å²) in [4.78, 5) is 3.28.